The molecule has 0 aliphatic carbocycles. The van der Waals surface area contributed by atoms with Crippen molar-refractivity contribution in [2.24, 2.45) is 0 Å². The van der Waals surface area contributed by atoms with Crippen LogP contribution in [0, 0.1) is 0 Å². The number of aliphatic hydroxyl groups excluding tert-OH is 10. The van der Waals surface area contributed by atoms with Crippen molar-refractivity contribution in [1.29, 1.82) is 0 Å². The van der Waals surface area contributed by atoms with Gasteiger partial charge in [-0.15, -0.1) is 0 Å². The lowest BCUT2D eigenvalue weighted by molar-refractivity contribution is -0.366. The smallest absolute Gasteiger partial charge is 0.187 e. The average Bonchev–Trinajstić information content (AvgIpc) is 2.98. The van der Waals surface area contributed by atoms with E-state index in [1.165, 1.54) is 0 Å². The highest BCUT2D eigenvalue weighted by molar-refractivity contribution is 4.95. The molecule has 0 bridgehead atoms. The van der Waals surface area contributed by atoms with Gasteiger partial charge in [0, 0.05) is 6.61 Å². The van der Waals surface area contributed by atoms with Gasteiger partial charge in [0.05, 0.1) is 19.8 Å². The monoisotopic (exact) mass is 616 g/mol. The lowest BCUT2D eigenvalue weighted by Crippen LogP contribution is -2.65. The van der Waals surface area contributed by atoms with Gasteiger partial charge in [0.1, 0.15) is 73.2 Å². The van der Waals surface area contributed by atoms with Gasteiger partial charge in [-0.2, -0.15) is 0 Å². The second-order valence-corrected chi connectivity index (χ2v) is 11.0. The van der Waals surface area contributed by atoms with E-state index in [1.807, 2.05) is 0 Å². The summed E-state index contributed by atoms with van der Waals surface area (Å²) in [5, 5.41) is 102. The van der Waals surface area contributed by atoms with Gasteiger partial charge in [-0.25, -0.2) is 0 Å². The third-order valence-corrected chi connectivity index (χ3v) is 7.83. The van der Waals surface area contributed by atoms with E-state index >= 15 is 0 Å². The molecule has 15 atom stereocenters. The van der Waals surface area contributed by atoms with E-state index in [0.29, 0.717) is 6.42 Å². The van der Waals surface area contributed by atoms with Crippen LogP contribution < -0.4 is 0 Å². The molecule has 0 aromatic rings. The molecule has 248 valence electrons. The fourth-order valence-electron chi connectivity index (χ4n) is 5.15. The predicted octanol–water partition coefficient (Wildman–Crippen LogP) is -4.19. The Morgan fingerprint density at radius 1 is 0.500 bits per heavy atom. The highest BCUT2D eigenvalue weighted by Gasteiger charge is 2.52. The van der Waals surface area contributed by atoms with E-state index in [1.54, 1.807) is 0 Å². The highest BCUT2D eigenvalue weighted by atomic mass is 16.7. The molecular formula is C26H48O16. The number of aliphatic hydroxyl groups is 10. The zero-order valence-electron chi connectivity index (χ0n) is 23.7. The van der Waals surface area contributed by atoms with Crippen molar-refractivity contribution in [2.75, 3.05) is 26.4 Å². The Balaban J connectivity index is 1.69. The van der Waals surface area contributed by atoms with Crippen LogP contribution in [0.2, 0.25) is 0 Å². The Morgan fingerprint density at radius 2 is 1.00 bits per heavy atom. The molecule has 0 aromatic heterocycles. The summed E-state index contributed by atoms with van der Waals surface area (Å²) < 4.78 is 33.4. The molecule has 3 saturated heterocycles. The summed E-state index contributed by atoms with van der Waals surface area (Å²) >= 11 is 0. The Labute approximate surface area is 243 Å². The molecule has 16 heteroatoms. The van der Waals surface area contributed by atoms with Gasteiger partial charge >= 0.3 is 0 Å². The lowest BCUT2D eigenvalue weighted by Gasteiger charge is -2.46. The SMILES string of the molecule is CCCCCCCCO[C@H]1O[C@H](CO[C@H]2O[C@H](CO)[C@@H](O)[C@H](O)[C@@H]2O)[C@@H](O)[C@H](O[C@H]2O[C@H](CO)[C@H](O)[C@H](O)[C@H]2O)[C@@H]1O. The normalized spacial score (nSPS) is 44.8. The first kappa shape index (κ1) is 35.8. The van der Waals surface area contributed by atoms with Crippen molar-refractivity contribution in [3.05, 3.63) is 0 Å². The predicted molar refractivity (Wildman–Crippen MR) is 138 cm³/mol. The third-order valence-electron chi connectivity index (χ3n) is 7.83. The summed E-state index contributed by atoms with van der Waals surface area (Å²) in [6.07, 6.45) is -17.7. The molecule has 3 rings (SSSR count). The van der Waals surface area contributed by atoms with Crippen LogP contribution in [-0.4, -0.2) is 170 Å². The first-order valence-corrected chi connectivity index (χ1v) is 14.6. The summed E-state index contributed by atoms with van der Waals surface area (Å²) in [5.74, 6) is 0. The number of unbranched alkanes of at least 4 members (excludes halogenated alkanes) is 5. The van der Waals surface area contributed by atoms with E-state index in [9.17, 15) is 51.1 Å². The molecule has 0 aromatic carbocycles. The van der Waals surface area contributed by atoms with Crippen LogP contribution in [0.5, 0.6) is 0 Å². The fourth-order valence-corrected chi connectivity index (χ4v) is 5.15. The molecule has 42 heavy (non-hydrogen) atoms. The van der Waals surface area contributed by atoms with Crippen molar-refractivity contribution in [2.45, 2.75) is 138 Å². The summed E-state index contributed by atoms with van der Waals surface area (Å²) in [6.45, 7) is 0.394. The second kappa shape index (κ2) is 17.2. The number of hydrogen-bond donors (Lipinski definition) is 10. The van der Waals surface area contributed by atoms with Crippen LogP contribution in [0.4, 0.5) is 0 Å². The molecule has 0 amide bonds. The zero-order chi connectivity index (χ0) is 31.0. The zero-order valence-corrected chi connectivity index (χ0v) is 23.7. The Bertz CT molecular complexity index is 760. The van der Waals surface area contributed by atoms with E-state index in [-0.39, 0.29) is 6.61 Å². The van der Waals surface area contributed by atoms with Gasteiger partial charge in [0.2, 0.25) is 0 Å². The topological polar surface area (TPSA) is 258 Å². The summed E-state index contributed by atoms with van der Waals surface area (Å²) in [7, 11) is 0. The maximum Gasteiger partial charge on any atom is 0.187 e. The van der Waals surface area contributed by atoms with Gasteiger partial charge in [0.15, 0.2) is 18.9 Å². The molecular weight excluding hydrogens is 568 g/mol. The first-order valence-electron chi connectivity index (χ1n) is 14.6. The van der Waals surface area contributed by atoms with Crippen molar-refractivity contribution < 1.29 is 79.5 Å². The number of hydrogen-bond acceptors (Lipinski definition) is 16. The van der Waals surface area contributed by atoms with Crippen molar-refractivity contribution >= 4 is 0 Å². The minimum absolute atomic E-state index is 0.191. The van der Waals surface area contributed by atoms with Crippen molar-refractivity contribution in [3.63, 3.8) is 0 Å². The molecule has 16 nitrogen and oxygen atoms in total. The van der Waals surface area contributed by atoms with Crippen LogP contribution in [0.3, 0.4) is 0 Å². The van der Waals surface area contributed by atoms with Crippen LogP contribution in [-0.2, 0) is 28.4 Å². The van der Waals surface area contributed by atoms with Crippen LogP contribution in [0.15, 0.2) is 0 Å². The summed E-state index contributed by atoms with van der Waals surface area (Å²) in [6, 6.07) is 0. The van der Waals surface area contributed by atoms with Gasteiger partial charge in [-0.1, -0.05) is 39.0 Å². The van der Waals surface area contributed by atoms with Crippen molar-refractivity contribution in [1.82, 2.24) is 0 Å². The van der Waals surface area contributed by atoms with Gasteiger partial charge in [-0.05, 0) is 6.42 Å². The molecule has 10 N–H and O–H groups in total. The van der Waals surface area contributed by atoms with Crippen LogP contribution in [0.1, 0.15) is 45.4 Å². The van der Waals surface area contributed by atoms with E-state index < -0.39 is 112 Å². The maximum atomic E-state index is 11.1. The third kappa shape index (κ3) is 8.75. The molecule has 0 saturated carbocycles. The molecule has 3 aliphatic heterocycles. The Morgan fingerprint density at radius 3 is 1.60 bits per heavy atom. The minimum Gasteiger partial charge on any atom is -0.394 e. The van der Waals surface area contributed by atoms with Gasteiger partial charge in [-0.3, -0.25) is 0 Å². The molecule has 3 fully saturated rings. The highest BCUT2D eigenvalue weighted by Crippen LogP contribution is 2.31. The molecule has 0 spiro atoms. The van der Waals surface area contributed by atoms with E-state index in [0.717, 1.165) is 32.1 Å². The number of rotatable bonds is 15. The molecule has 0 radical (unpaired) electrons. The second-order valence-electron chi connectivity index (χ2n) is 11.0. The summed E-state index contributed by atoms with van der Waals surface area (Å²) in [5.41, 5.74) is 0. The van der Waals surface area contributed by atoms with Gasteiger partial charge < -0.3 is 79.5 Å². The Hall–Kier alpha value is -0.640. The average molecular weight is 617 g/mol. The van der Waals surface area contributed by atoms with Crippen molar-refractivity contribution in [3.8, 4) is 0 Å². The standard InChI is InChI=1S/C26H48O16/c1-2-3-4-5-6-7-8-37-25-22(36)23(42-26-21(35)19(33)16(30)13(10-28)40-26)17(31)14(41-25)11-38-24-20(34)18(32)15(29)12(9-27)39-24/h12-36H,2-11H2,1H3/t12-,13-,14-,15-,16+,17-,18+,19+,20+,21-,22+,23+,24+,25+,26-/m1/s1. The van der Waals surface area contributed by atoms with Crippen LogP contribution >= 0.6 is 0 Å². The fraction of sp³-hybridized carbons (Fsp3) is 1.00. The van der Waals surface area contributed by atoms with Crippen LogP contribution in [0.25, 0.3) is 0 Å². The minimum atomic E-state index is -1.81. The van der Waals surface area contributed by atoms with Gasteiger partial charge in [0.25, 0.3) is 0 Å². The molecule has 3 aliphatic rings. The van der Waals surface area contributed by atoms with E-state index in [2.05, 4.69) is 6.92 Å². The number of ether oxygens (including phenoxy) is 6. The summed E-state index contributed by atoms with van der Waals surface area (Å²) in [4.78, 5) is 0. The maximum absolute atomic E-state index is 11.1. The quantitative estimate of drug-likeness (QED) is 0.0783. The largest absolute Gasteiger partial charge is 0.394 e. The van der Waals surface area contributed by atoms with E-state index in [4.69, 9.17) is 28.4 Å². The Kier molecular flexibility index (Phi) is 14.6. The molecule has 3 heterocycles. The lowest BCUT2D eigenvalue weighted by atomic mass is 9.96. The molecule has 0 unspecified atom stereocenters. The first-order chi connectivity index (χ1) is 20.0.